The van der Waals surface area contributed by atoms with E-state index >= 15 is 0 Å². The molecule has 0 radical (unpaired) electrons. The Bertz CT molecular complexity index is 674. The largest absolute Gasteiger partial charge is 0.497 e. The van der Waals surface area contributed by atoms with E-state index in [1.54, 1.807) is 7.11 Å². The van der Waals surface area contributed by atoms with Crippen LogP contribution in [0.3, 0.4) is 0 Å². The maximum atomic E-state index is 12.2. The number of carbonyl (C=O) groups excluding carboxylic acids is 1. The lowest BCUT2D eigenvalue weighted by molar-refractivity contribution is -0.132. The third-order valence-electron chi connectivity index (χ3n) is 4.90. The Balaban J connectivity index is 1.91. The van der Waals surface area contributed by atoms with E-state index in [0.717, 1.165) is 12.3 Å². The van der Waals surface area contributed by atoms with Gasteiger partial charge in [0, 0.05) is 31.3 Å². The molecule has 1 spiro atoms. The van der Waals surface area contributed by atoms with Gasteiger partial charge in [-0.25, -0.2) is 0 Å². The van der Waals surface area contributed by atoms with Crippen LogP contribution in [0.5, 0.6) is 5.75 Å². The third-order valence-corrected chi connectivity index (χ3v) is 4.90. The van der Waals surface area contributed by atoms with E-state index in [4.69, 9.17) is 4.74 Å². The summed E-state index contributed by atoms with van der Waals surface area (Å²) in [5.74, 6) is 1.42. The molecule has 1 aromatic carbocycles. The lowest BCUT2D eigenvalue weighted by atomic mass is 9.59. The molecule has 4 aliphatic rings. The summed E-state index contributed by atoms with van der Waals surface area (Å²) in [6.07, 6.45) is 7.33. The van der Waals surface area contributed by atoms with Crippen LogP contribution in [-0.4, -0.2) is 31.5 Å². The maximum absolute atomic E-state index is 12.2. The number of likely N-dealkylation sites (tertiary alicyclic amines) is 1. The van der Waals surface area contributed by atoms with Crippen molar-refractivity contribution in [1.29, 1.82) is 0 Å². The number of ether oxygens (including phenoxy) is 1. The van der Waals surface area contributed by atoms with Gasteiger partial charge in [-0.2, -0.15) is 0 Å². The number of benzene rings is 1. The fourth-order valence-corrected chi connectivity index (χ4v) is 3.78. The highest BCUT2D eigenvalue weighted by Crippen LogP contribution is 2.53. The Morgan fingerprint density at radius 3 is 3.05 bits per heavy atom. The van der Waals surface area contributed by atoms with Crippen LogP contribution in [-0.2, 0) is 10.2 Å². The molecule has 3 nitrogen and oxygen atoms in total. The summed E-state index contributed by atoms with van der Waals surface area (Å²) >= 11 is 0. The number of likely N-dealkylation sites (N-methyl/N-ethyl adjacent to an activating group) is 1. The molecule has 2 bridgehead atoms. The molecule has 1 aliphatic heterocycles. The molecule has 0 aromatic heterocycles. The number of piperidine rings is 1. The van der Waals surface area contributed by atoms with Crippen molar-refractivity contribution in [2.75, 3.05) is 20.7 Å². The van der Waals surface area contributed by atoms with Crippen LogP contribution < -0.4 is 4.74 Å². The van der Waals surface area contributed by atoms with Gasteiger partial charge >= 0.3 is 0 Å². The minimum absolute atomic E-state index is 0.208. The van der Waals surface area contributed by atoms with E-state index in [2.05, 4.69) is 30.4 Å². The molecule has 0 N–H and O–H groups in total. The number of methoxy groups -OCH3 is 1. The average Bonchev–Trinajstić information content (AvgIpc) is 2.47. The second-order valence-electron chi connectivity index (χ2n) is 5.93. The molecule has 1 aromatic rings. The van der Waals surface area contributed by atoms with E-state index in [-0.39, 0.29) is 11.3 Å². The van der Waals surface area contributed by atoms with Crippen molar-refractivity contribution in [3.63, 3.8) is 0 Å². The fraction of sp³-hybridized carbons (Fsp3) is 0.353. The van der Waals surface area contributed by atoms with Crippen molar-refractivity contribution in [3.05, 3.63) is 53.1 Å². The molecule has 1 amide bonds. The summed E-state index contributed by atoms with van der Waals surface area (Å²) < 4.78 is 5.34. The SMILES string of the molecule is COc1ccc2c(c1)C1C=CC23CC(=O)N(C)CC3=C1. The monoisotopic (exact) mass is 267 g/mol. The molecule has 3 aliphatic carbocycles. The molecule has 3 heteroatoms. The minimum atomic E-state index is -0.208. The molecule has 2 unspecified atom stereocenters. The van der Waals surface area contributed by atoms with Crippen molar-refractivity contribution in [2.45, 2.75) is 17.8 Å². The van der Waals surface area contributed by atoms with Gasteiger partial charge in [-0.1, -0.05) is 24.3 Å². The molecule has 1 fully saturated rings. The van der Waals surface area contributed by atoms with Crippen molar-refractivity contribution in [2.24, 2.45) is 0 Å². The highest BCUT2D eigenvalue weighted by atomic mass is 16.5. The molecule has 1 saturated heterocycles. The number of hydrogen-bond donors (Lipinski definition) is 0. The Hall–Kier alpha value is -2.03. The van der Waals surface area contributed by atoms with Gasteiger partial charge in [0.1, 0.15) is 5.75 Å². The number of rotatable bonds is 1. The van der Waals surface area contributed by atoms with Gasteiger partial charge in [-0.05, 0) is 28.8 Å². The standard InChI is InChI=1S/C17H17NO2/c1-18-10-12-7-11-5-6-17(12,9-16(18)19)15-4-3-13(20-2)8-14(11)15/h3-8,11H,9-10H2,1-2H3. The highest BCUT2D eigenvalue weighted by molar-refractivity contribution is 5.83. The zero-order valence-corrected chi connectivity index (χ0v) is 11.7. The van der Waals surface area contributed by atoms with E-state index in [0.29, 0.717) is 12.3 Å². The third kappa shape index (κ3) is 1.33. The van der Waals surface area contributed by atoms with Gasteiger partial charge in [0.15, 0.2) is 0 Å². The normalized spacial score (nSPS) is 29.9. The second-order valence-corrected chi connectivity index (χ2v) is 5.93. The number of amides is 1. The minimum Gasteiger partial charge on any atom is -0.497 e. The number of hydrogen-bond acceptors (Lipinski definition) is 2. The average molecular weight is 267 g/mol. The summed E-state index contributed by atoms with van der Waals surface area (Å²) in [5.41, 5.74) is 3.72. The molecule has 2 atom stereocenters. The molecule has 5 rings (SSSR count). The zero-order valence-electron chi connectivity index (χ0n) is 11.7. The summed E-state index contributed by atoms with van der Waals surface area (Å²) in [7, 11) is 3.58. The number of nitrogens with zero attached hydrogens (tertiary/aromatic N) is 1. The molecule has 1 heterocycles. The molecule has 20 heavy (non-hydrogen) atoms. The Morgan fingerprint density at radius 2 is 2.25 bits per heavy atom. The predicted molar refractivity (Wildman–Crippen MR) is 76.9 cm³/mol. The quantitative estimate of drug-likeness (QED) is 0.731. The van der Waals surface area contributed by atoms with Crippen molar-refractivity contribution in [1.82, 2.24) is 4.90 Å². The van der Waals surface area contributed by atoms with Gasteiger partial charge in [0.2, 0.25) is 5.91 Å². The summed E-state index contributed by atoms with van der Waals surface area (Å²) in [5, 5.41) is 0. The Morgan fingerprint density at radius 1 is 1.40 bits per heavy atom. The van der Waals surface area contributed by atoms with E-state index in [1.807, 2.05) is 18.0 Å². The van der Waals surface area contributed by atoms with Crippen LogP contribution in [0.4, 0.5) is 0 Å². The van der Waals surface area contributed by atoms with Crippen LogP contribution in [0.2, 0.25) is 0 Å². The van der Waals surface area contributed by atoms with Crippen LogP contribution in [0.1, 0.15) is 23.5 Å². The van der Waals surface area contributed by atoms with E-state index in [9.17, 15) is 4.79 Å². The first-order chi connectivity index (χ1) is 9.64. The number of carbonyl (C=O) groups is 1. The first-order valence-corrected chi connectivity index (χ1v) is 6.97. The van der Waals surface area contributed by atoms with E-state index < -0.39 is 0 Å². The Labute approximate surface area is 118 Å². The van der Waals surface area contributed by atoms with Gasteiger partial charge in [-0.3, -0.25) is 4.79 Å². The van der Waals surface area contributed by atoms with Crippen LogP contribution >= 0.6 is 0 Å². The number of allylic oxidation sites excluding steroid dienone is 3. The van der Waals surface area contributed by atoms with Crippen molar-refractivity contribution < 1.29 is 9.53 Å². The highest BCUT2D eigenvalue weighted by Gasteiger charge is 2.47. The first kappa shape index (κ1) is 11.8. The lowest BCUT2D eigenvalue weighted by Gasteiger charge is -2.48. The van der Waals surface area contributed by atoms with E-state index in [1.165, 1.54) is 16.7 Å². The molecule has 102 valence electrons. The molecular weight excluding hydrogens is 250 g/mol. The maximum Gasteiger partial charge on any atom is 0.224 e. The molecular formula is C17H17NO2. The van der Waals surface area contributed by atoms with Gasteiger partial charge in [0.25, 0.3) is 0 Å². The summed E-state index contributed by atoms with van der Waals surface area (Å²) in [6, 6.07) is 6.25. The second kappa shape index (κ2) is 3.75. The topological polar surface area (TPSA) is 29.5 Å². The summed E-state index contributed by atoms with van der Waals surface area (Å²) in [4.78, 5) is 14.0. The van der Waals surface area contributed by atoms with Gasteiger partial charge < -0.3 is 9.64 Å². The molecule has 0 saturated carbocycles. The van der Waals surface area contributed by atoms with Crippen LogP contribution in [0.25, 0.3) is 0 Å². The smallest absolute Gasteiger partial charge is 0.224 e. The summed E-state index contributed by atoms with van der Waals surface area (Å²) in [6.45, 7) is 0.741. The van der Waals surface area contributed by atoms with Crippen LogP contribution in [0.15, 0.2) is 42.0 Å². The van der Waals surface area contributed by atoms with Gasteiger partial charge in [-0.15, -0.1) is 0 Å². The van der Waals surface area contributed by atoms with Gasteiger partial charge in [0.05, 0.1) is 7.11 Å². The zero-order chi connectivity index (χ0) is 13.9. The lowest BCUT2D eigenvalue weighted by Crippen LogP contribution is -2.48. The van der Waals surface area contributed by atoms with Crippen LogP contribution in [0, 0.1) is 0 Å². The fourth-order valence-electron chi connectivity index (χ4n) is 3.78. The first-order valence-electron chi connectivity index (χ1n) is 6.97. The van der Waals surface area contributed by atoms with Crippen molar-refractivity contribution in [3.8, 4) is 5.75 Å². The Kier molecular flexibility index (Phi) is 2.21. The predicted octanol–water partition coefficient (Wildman–Crippen LogP) is 2.39. The van der Waals surface area contributed by atoms with Crippen molar-refractivity contribution >= 4 is 5.91 Å².